The molecule has 4 rings (SSSR count). The molecule has 172 valence electrons. The number of carbonyl (C=O) groups excluding carboxylic acids is 3. The van der Waals surface area contributed by atoms with Crippen LogP contribution in [0.15, 0.2) is 30.3 Å². The van der Waals surface area contributed by atoms with Gasteiger partial charge in [0.05, 0.1) is 26.2 Å². The molecule has 3 N–H and O–H groups in total. The molecule has 0 saturated heterocycles. The molecule has 1 aliphatic heterocycles. The van der Waals surface area contributed by atoms with Crippen LogP contribution in [-0.4, -0.2) is 48.2 Å². The van der Waals surface area contributed by atoms with E-state index in [9.17, 15) is 14.4 Å². The molecule has 11 heteroatoms. The lowest BCUT2D eigenvalue weighted by molar-refractivity contribution is 0.0951. The Kier molecular flexibility index (Phi) is 7.08. The van der Waals surface area contributed by atoms with Crippen LogP contribution in [0, 0.1) is 0 Å². The molecular weight excluding hydrogens is 482 g/mol. The molecule has 33 heavy (non-hydrogen) atoms. The van der Waals surface area contributed by atoms with Crippen LogP contribution in [0.4, 0.5) is 5.69 Å². The minimum atomic E-state index is -0.383. The third kappa shape index (κ3) is 5.25. The van der Waals surface area contributed by atoms with Crippen molar-refractivity contribution in [2.75, 3.05) is 26.0 Å². The number of benzene rings is 1. The summed E-state index contributed by atoms with van der Waals surface area (Å²) in [6.07, 6.45) is 0.800. The van der Waals surface area contributed by atoms with Gasteiger partial charge in [-0.05, 0) is 30.8 Å². The summed E-state index contributed by atoms with van der Waals surface area (Å²) >= 11 is 8.46. The van der Waals surface area contributed by atoms with Gasteiger partial charge in [0.2, 0.25) is 0 Å². The summed E-state index contributed by atoms with van der Waals surface area (Å²) in [5.74, 6) is -1.01. The fourth-order valence-electron chi connectivity index (χ4n) is 3.51. The van der Waals surface area contributed by atoms with Gasteiger partial charge in [-0.2, -0.15) is 0 Å². The number of thiophene rings is 1. The molecule has 0 fully saturated rings. The molecule has 8 nitrogen and oxygen atoms in total. The van der Waals surface area contributed by atoms with Gasteiger partial charge < -0.3 is 20.9 Å². The summed E-state index contributed by atoms with van der Waals surface area (Å²) < 4.78 is 0.520. The first kappa shape index (κ1) is 23.4. The highest BCUT2D eigenvalue weighted by Gasteiger charge is 2.23. The van der Waals surface area contributed by atoms with Crippen molar-refractivity contribution in [3.05, 3.63) is 66.3 Å². The van der Waals surface area contributed by atoms with Crippen molar-refractivity contribution >= 4 is 57.7 Å². The second-order valence-corrected chi connectivity index (χ2v) is 10.3. The van der Waals surface area contributed by atoms with Gasteiger partial charge >= 0.3 is 0 Å². The van der Waals surface area contributed by atoms with Crippen molar-refractivity contribution in [2.24, 2.45) is 0 Å². The molecule has 0 radical (unpaired) electrons. The van der Waals surface area contributed by atoms with Crippen LogP contribution in [0.2, 0.25) is 4.34 Å². The number of carbonyl (C=O) groups is 3. The zero-order chi connectivity index (χ0) is 23.5. The molecule has 0 spiro atoms. The Labute approximate surface area is 204 Å². The Balaban J connectivity index is 1.58. The quantitative estimate of drug-likeness (QED) is 0.478. The number of aromatic nitrogens is 1. The minimum absolute atomic E-state index is 0.119. The lowest BCUT2D eigenvalue weighted by atomic mass is 10.1. The Morgan fingerprint density at radius 2 is 1.94 bits per heavy atom. The number of nitrogens with one attached hydrogen (secondary N) is 3. The van der Waals surface area contributed by atoms with Crippen LogP contribution in [0.5, 0.6) is 0 Å². The number of para-hydroxylation sites is 1. The third-order valence-corrected chi connectivity index (χ3v) is 7.52. The number of likely N-dealkylation sites (N-methyl/N-ethyl adjacent to an activating group) is 1. The molecule has 0 unspecified atom stereocenters. The highest BCUT2D eigenvalue weighted by molar-refractivity contribution is 7.18. The SMILES string of the molecule is CNC(=O)c1cccc(CNC(=O)c2ccc(Cl)s2)c1NC(=O)c1nc2c(s1)CN(C)CC2. The normalized spacial score (nSPS) is 13.3. The number of fused-ring (bicyclic) bond motifs is 1. The van der Waals surface area contributed by atoms with Crippen molar-refractivity contribution in [3.8, 4) is 0 Å². The van der Waals surface area contributed by atoms with Crippen molar-refractivity contribution in [1.82, 2.24) is 20.5 Å². The number of halogens is 1. The van der Waals surface area contributed by atoms with Crippen LogP contribution in [0.25, 0.3) is 0 Å². The van der Waals surface area contributed by atoms with Gasteiger partial charge in [-0.1, -0.05) is 23.7 Å². The molecule has 0 saturated carbocycles. The average molecular weight is 504 g/mol. The van der Waals surface area contributed by atoms with E-state index in [0.29, 0.717) is 31.0 Å². The first-order chi connectivity index (χ1) is 15.9. The number of thiazole rings is 1. The molecule has 0 bridgehead atoms. The predicted molar refractivity (Wildman–Crippen MR) is 130 cm³/mol. The van der Waals surface area contributed by atoms with E-state index in [0.717, 1.165) is 30.1 Å². The predicted octanol–water partition coefficient (Wildman–Crippen LogP) is 3.39. The summed E-state index contributed by atoms with van der Waals surface area (Å²) in [5.41, 5.74) is 2.20. The summed E-state index contributed by atoms with van der Waals surface area (Å²) in [7, 11) is 3.56. The summed E-state index contributed by atoms with van der Waals surface area (Å²) in [4.78, 5) is 46.3. The summed E-state index contributed by atoms with van der Waals surface area (Å²) in [6.45, 7) is 1.78. The first-order valence-corrected chi connectivity index (χ1v) is 12.2. The largest absolute Gasteiger partial charge is 0.355 e. The van der Waals surface area contributed by atoms with Crippen molar-refractivity contribution in [2.45, 2.75) is 19.5 Å². The highest BCUT2D eigenvalue weighted by Crippen LogP contribution is 2.27. The maximum absolute atomic E-state index is 13.1. The van der Waals surface area contributed by atoms with E-state index in [2.05, 4.69) is 25.8 Å². The fraction of sp³-hybridized carbons (Fsp3) is 0.273. The van der Waals surface area contributed by atoms with E-state index in [-0.39, 0.29) is 24.3 Å². The minimum Gasteiger partial charge on any atom is -0.355 e. The van der Waals surface area contributed by atoms with E-state index >= 15 is 0 Å². The van der Waals surface area contributed by atoms with Crippen LogP contribution in [-0.2, 0) is 19.5 Å². The van der Waals surface area contributed by atoms with Crippen LogP contribution >= 0.6 is 34.3 Å². The Morgan fingerprint density at radius 1 is 1.12 bits per heavy atom. The molecule has 1 aromatic carbocycles. The van der Waals surface area contributed by atoms with E-state index in [4.69, 9.17) is 11.6 Å². The fourth-order valence-corrected chi connectivity index (χ4v) is 5.55. The van der Waals surface area contributed by atoms with Crippen LogP contribution < -0.4 is 16.0 Å². The maximum atomic E-state index is 13.1. The summed E-state index contributed by atoms with van der Waals surface area (Å²) in [5, 5.41) is 8.63. The van der Waals surface area contributed by atoms with Gasteiger partial charge in [-0.15, -0.1) is 22.7 Å². The lowest BCUT2D eigenvalue weighted by Gasteiger charge is -2.20. The van der Waals surface area contributed by atoms with Gasteiger partial charge in [-0.3, -0.25) is 14.4 Å². The van der Waals surface area contributed by atoms with E-state index < -0.39 is 0 Å². The zero-order valence-electron chi connectivity index (χ0n) is 18.0. The molecule has 1 aliphatic rings. The molecule has 3 amide bonds. The second-order valence-electron chi connectivity index (χ2n) is 7.54. The topological polar surface area (TPSA) is 103 Å². The molecule has 0 aliphatic carbocycles. The lowest BCUT2D eigenvalue weighted by Crippen LogP contribution is -2.26. The van der Waals surface area contributed by atoms with E-state index in [1.165, 1.54) is 29.7 Å². The van der Waals surface area contributed by atoms with Gasteiger partial charge in [0.1, 0.15) is 0 Å². The number of nitrogens with zero attached hydrogens (tertiary/aromatic N) is 2. The van der Waals surface area contributed by atoms with Gasteiger partial charge in [0.25, 0.3) is 17.7 Å². The molecular formula is C22H22ClN5O3S2. The maximum Gasteiger partial charge on any atom is 0.284 e. The Bertz CT molecular complexity index is 1220. The molecule has 0 atom stereocenters. The molecule has 3 aromatic rings. The van der Waals surface area contributed by atoms with Gasteiger partial charge in [-0.25, -0.2) is 4.98 Å². The highest BCUT2D eigenvalue weighted by atomic mass is 35.5. The molecule has 2 aromatic heterocycles. The standard InChI is InChI=1S/C22H22ClN5O3S2/c1-24-19(29)13-5-3-4-12(10-25-20(30)15-6-7-17(23)32-15)18(13)27-21(31)22-26-14-8-9-28(2)11-16(14)33-22/h3-7H,8-11H2,1-2H3,(H,24,29)(H,25,30)(H,27,31). The van der Waals surface area contributed by atoms with Crippen LogP contribution in [0.1, 0.15) is 46.0 Å². The average Bonchev–Trinajstić information content (AvgIpc) is 3.43. The van der Waals surface area contributed by atoms with Crippen LogP contribution in [0.3, 0.4) is 0 Å². The Hall–Kier alpha value is -2.79. The summed E-state index contributed by atoms with van der Waals surface area (Å²) in [6, 6.07) is 8.39. The van der Waals surface area contributed by atoms with Gasteiger partial charge in [0, 0.05) is 38.0 Å². The smallest absolute Gasteiger partial charge is 0.284 e. The first-order valence-electron chi connectivity index (χ1n) is 10.2. The second kappa shape index (κ2) is 10.0. The van der Waals surface area contributed by atoms with Crippen molar-refractivity contribution in [1.29, 1.82) is 0 Å². The van der Waals surface area contributed by atoms with Crippen molar-refractivity contribution in [3.63, 3.8) is 0 Å². The van der Waals surface area contributed by atoms with Crippen molar-refractivity contribution < 1.29 is 14.4 Å². The zero-order valence-corrected chi connectivity index (χ0v) is 20.4. The number of hydrogen-bond donors (Lipinski definition) is 3. The number of amides is 3. The number of rotatable bonds is 6. The number of hydrogen-bond acceptors (Lipinski definition) is 7. The Morgan fingerprint density at radius 3 is 2.67 bits per heavy atom. The molecule has 3 heterocycles. The number of anilines is 1. The van der Waals surface area contributed by atoms with Gasteiger partial charge in [0.15, 0.2) is 5.01 Å². The van der Waals surface area contributed by atoms with E-state index in [1.807, 2.05) is 7.05 Å². The van der Waals surface area contributed by atoms with E-state index in [1.54, 1.807) is 30.3 Å². The monoisotopic (exact) mass is 503 g/mol. The third-order valence-electron chi connectivity index (χ3n) is 5.21.